The molecule has 140 valence electrons. The maximum absolute atomic E-state index is 8.85. The second kappa shape index (κ2) is 9.97. The summed E-state index contributed by atoms with van der Waals surface area (Å²) in [7, 11) is 1.77. The number of aromatic amines is 1. The van der Waals surface area contributed by atoms with E-state index in [1.807, 2.05) is 24.3 Å². The van der Waals surface area contributed by atoms with Gasteiger partial charge in [0.1, 0.15) is 0 Å². The molecule has 5 nitrogen and oxygen atoms in total. The summed E-state index contributed by atoms with van der Waals surface area (Å²) >= 11 is 0. The molecule has 0 radical (unpaired) electrons. The van der Waals surface area contributed by atoms with E-state index in [4.69, 9.17) is 5.26 Å². The molecular formula is C21H24IN5. The summed E-state index contributed by atoms with van der Waals surface area (Å²) in [6.45, 7) is 3.58. The van der Waals surface area contributed by atoms with Crippen LogP contribution in [-0.4, -0.2) is 24.5 Å². The van der Waals surface area contributed by atoms with Gasteiger partial charge in [-0.2, -0.15) is 5.26 Å². The van der Waals surface area contributed by atoms with Gasteiger partial charge in [0.2, 0.25) is 0 Å². The normalized spacial score (nSPS) is 10.9. The monoisotopic (exact) mass is 473 g/mol. The Morgan fingerprint density at radius 3 is 2.56 bits per heavy atom. The van der Waals surface area contributed by atoms with Crippen LogP contribution in [-0.2, 0) is 13.0 Å². The Hall–Kier alpha value is -2.53. The standard InChI is InChI=1S/C21H23N5.HI/c1-15-18(19-5-3-4-6-20(19)26-15)11-12-24-21(23-2)25-14-17-9-7-16(13-22)8-10-17;/h3-10,26H,11-12,14H2,1-2H3,(H2,23,24,25);1H. The van der Waals surface area contributed by atoms with E-state index in [1.54, 1.807) is 7.05 Å². The van der Waals surface area contributed by atoms with Crippen molar-refractivity contribution in [3.63, 3.8) is 0 Å². The molecule has 3 aromatic rings. The van der Waals surface area contributed by atoms with Crippen LogP contribution in [0.15, 0.2) is 53.5 Å². The Labute approximate surface area is 176 Å². The minimum absolute atomic E-state index is 0. The van der Waals surface area contributed by atoms with E-state index in [1.165, 1.54) is 22.2 Å². The molecule has 1 aromatic heterocycles. The van der Waals surface area contributed by atoms with Crippen molar-refractivity contribution in [2.45, 2.75) is 19.9 Å². The smallest absolute Gasteiger partial charge is 0.191 e. The summed E-state index contributed by atoms with van der Waals surface area (Å²) in [6.07, 6.45) is 0.924. The number of guanidine groups is 1. The fraction of sp³-hybridized carbons (Fsp3) is 0.238. The van der Waals surface area contributed by atoms with Crippen LogP contribution in [0, 0.1) is 18.3 Å². The first kappa shape index (κ1) is 20.8. The van der Waals surface area contributed by atoms with Crippen LogP contribution in [0.4, 0.5) is 0 Å². The third-order valence-electron chi connectivity index (χ3n) is 4.46. The number of hydrogen-bond acceptors (Lipinski definition) is 2. The molecule has 0 aliphatic rings. The van der Waals surface area contributed by atoms with Crippen LogP contribution in [0.1, 0.15) is 22.4 Å². The topological polar surface area (TPSA) is 76.0 Å². The molecule has 3 N–H and O–H groups in total. The average Bonchev–Trinajstić information content (AvgIpc) is 3.00. The maximum atomic E-state index is 8.85. The molecule has 0 atom stereocenters. The van der Waals surface area contributed by atoms with Crippen molar-refractivity contribution in [1.82, 2.24) is 15.6 Å². The number of hydrogen-bond donors (Lipinski definition) is 3. The largest absolute Gasteiger partial charge is 0.358 e. The number of para-hydroxylation sites is 1. The molecule has 0 aliphatic heterocycles. The molecule has 2 aromatic carbocycles. The minimum Gasteiger partial charge on any atom is -0.358 e. The first-order valence-corrected chi connectivity index (χ1v) is 8.71. The van der Waals surface area contributed by atoms with Crippen molar-refractivity contribution in [3.8, 4) is 6.07 Å². The number of benzene rings is 2. The van der Waals surface area contributed by atoms with Crippen molar-refractivity contribution in [2.24, 2.45) is 4.99 Å². The summed E-state index contributed by atoms with van der Waals surface area (Å²) in [5.74, 6) is 0.770. The molecule has 0 unspecified atom stereocenters. The van der Waals surface area contributed by atoms with Crippen LogP contribution in [0.2, 0.25) is 0 Å². The van der Waals surface area contributed by atoms with Gasteiger partial charge >= 0.3 is 0 Å². The first-order valence-electron chi connectivity index (χ1n) is 8.71. The van der Waals surface area contributed by atoms with Crippen LogP contribution in [0.25, 0.3) is 10.9 Å². The van der Waals surface area contributed by atoms with Gasteiger partial charge in [0.05, 0.1) is 11.6 Å². The lowest BCUT2D eigenvalue weighted by atomic mass is 10.1. The van der Waals surface area contributed by atoms with Gasteiger partial charge in [-0.15, -0.1) is 24.0 Å². The van der Waals surface area contributed by atoms with Crippen LogP contribution in [0.3, 0.4) is 0 Å². The Balaban J connectivity index is 0.00000261. The second-order valence-electron chi connectivity index (χ2n) is 6.19. The van der Waals surface area contributed by atoms with Crippen molar-refractivity contribution < 1.29 is 0 Å². The van der Waals surface area contributed by atoms with E-state index in [2.05, 4.69) is 57.9 Å². The van der Waals surface area contributed by atoms with E-state index >= 15 is 0 Å². The molecule has 0 amide bonds. The molecule has 3 rings (SSSR count). The second-order valence-corrected chi connectivity index (χ2v) is 6.19. The fourth-order valence-electron chi connectivity index (χ4n) is 3.07. The summed E-state index contributed by atoms with van der Waals surface area (Å²) < 4.78 is 0. The third kappa shape index (κ3) is 5.23. The van der Waals surface area contributed by atoms with Crippen molar-refractivity contribution >= 4 is 40.8 Å². The summed E-state index contributed by atoms with van der Waals surface area (Å²) in [5.41, 5.74) is 5.53. The molecule has 0 bridgehead atoms. The van der Waals surface area contributed by atoms with Gasteiger partial charge in [-0.1, -0.05) is 30.3 Å². The van der Waals surface area contributed by atoms with Gasteiger partial charge in [-0.25, -0.2) is 0 Å². The molecule has 0 fully saturated rings. The third-order valence-corrected chi connectivity index (χ3v) is 4.46. The number of nitrogens with one attached hydrogen (secondary N) is 3. The zero-order valence-corrected chi connectivity index (χ0v) is 17.9. The zero-order chi connectivity index (χ0) is 18.4. The molecule has 27 heavy (non-hydrogen) atoms. The summed E-state index contributed by atoms with van der Waals surface area (Å²) in [5, 5.41) is 16.8. The number of aryl methyl sites for hydroxylation is 1. The van der Waals surface area contributed by atoms with Gasteiger partial charge in [0.15, 0.2) is 5.96 Å². The Morgan fingerprint density at radius 2 is 1.85 bits per heavy atom. The van der Waals surface area contributed by atoms with E-state index in [9.17, 15) is 0 Å². The summed E-state index contributed by atoms with van der Waals surface area (Å²) in [6, 6.07) is 18.1. The van der Waals surface area contributed by atoms with Crippen LogP contribution in [0.5, 0.6) is 0 Å². The van der Waals surface area contributed by atoms with Gasteiger partial charge in [-0.05, 0) is 42.7 Å². The quantitative estimate of drug-likeness (QED) is 0.299. The predicted octanol–water partition coefficient (Wildman–Crippen LogP) is 3.87. The summed E-state index contributed by atoms with van der Waals surface area (Å²) in [4.78, 5) is 7.71. The van der Waals surface area contributed by atoms with Gasteiger partial charge in [0.25, 0.3) is 0 Å². The zero-order valence-electron chi connectivity index (χ0n) is 15.5. The number of rotatable bonds is 5. The predicted molar refractivity (Wildman–Crippen MR) is 122 cm³/mol. The van der Waals surface area contributed by atoms with Crippen LogP contribution < -0.4 is 10.6 Å². The molecule has 0 aliphatic carbocycles. The van der Waals surface area contributed by atoms with E-state index in [0.29, 0.717) is 12.1 Å². The number of aliphatic imine (C=N–C) groups is 1. The number of halogens is 1. The molecule has 1 heterocycles. The Kier molecular flexibility index (Phi) is 7.67. The average molecular weight is 473 g/mol. The fourth-order valence-corrected chi connectivity index (χ4v) is 3.07. The number of nitrogens with zero attached hydrogens (tertiary/aromatic N) is 2. The first-order chi connectivity index (χ1) is 12.7. The highest BCUT2D eigenvalue weighted by Gasteiger charge is 2.07. The Bertz CT molecular complexity index is 951. The number of fused-ring (bicyclic) bond motifs is 1. The highest BCUT2D eigenvalue weighted by atomic mass is 127. The van der Waals surface area contributed by atoms with Gasteiger partial charge in [-0.3, -0.25) is 4.99 Å². The lowest BCUT2D eigenvalue weighted by molar-refractivity contribution is 0.794. The lowest BCUT2D eigenvalue weighted by Crippen LogP contribution is -2.37. The maximum Gasteiger partial charge on any atom is 0.191 e. The van der Waals surface area contributed by atoms with Crippen molar-refractivity contribution in [3.05, 3.63) is 70.9 Å². The number of aromatic nitrogens is 1. The molecular weight excluding hydrogens is 449 g/mol. The molecule has 0 spiro atoms. The molecule has 6 heteroatoms. The highest BCUT2D eigenvalue weighted by molar-refractivity contribution is 14.0. The van der Waals surface area contributed by atoms with E-state index in [0.717, 1.165) is 24.5 Å². The van der Waals surface area contributed by atoms with Crippen molar-refractivity contribution in [1.29, 1.82) is 5.26 Å². The molecule has 0 saturated carbocycles. The number of H-pyrrole nitrogens is 1. The SMILES string of the molecule is CN=C(NCCc1c(C)[nH]c2ccccc12)NCc1ccc(C#N)cc1.I. The van der Waals surface area contributed by atoms with Gasteiger partial charge < -0.3 is 15.6 Å². The highest BCUT2D eigenvalue weighted by Crippen LogP contribution is 2.21. The van der Waals surface area contributed by atoms with E-state index in [-0.39, 0.29) is 24.0 Å². The molecule has 0 saturated heterocycles. The minimum atomic E-state index is 0. The van der Waals surface area contributed by atoms with Crippen molar-refractivity contribution in [2.75, 3.05) is 13.6 Å². The Morgan fingerprint density at radius 1 is 1.11 bits per heavy atom. The van der Waals surface area contributed by atoms with Gasteiger partial charge in [0, 0.05) is 36.7 Å². The lowest BCUT2D eigenvalue weighted by Gasteiger charge is -2.12. The van der Waals surface area contributed by atoms with Crippen LogP contribution >= 0.6 is 24.0 Å². The van der Waals surface area contributed by atoms with E-state index < -0.39 is 0 Å². The number of nitriles is 1.